The summed E-state index contributed by atoms with van der Waals surface area (Å²) in [5, 5.41) is 11.4. The number of carbonyl (C=O) groups is 2. The van der Waals surface area contributed by atoms with Gasteiger partial charge in [-0.15, -0.1) is 0 Å². The molecule has 0 saturated heterocycles. The van der Waals surface area contributed by atoms with E-state index in [4.69, 9.17) is 5.11 Å². The molecule has 1 aromatic rings. The quantitative estimate of drug-likeness (QED) is 0.781. The van der Waals surface area contributed by atoms with Crippen molar-refractivity contribution in [2.75, 3.05) is 0 Å². The molecule has 0 aliphatic carbocycles. The number of hydrogen-bond acceptors (Lipinski definition) is 2. The zero-order valence-electron chi connectivity index (χ0n) is 10.5. The summed E-state index contributed by atoms with van der Waals surface area (Å²) in [6, 6.07) is 8.48. The zero-order valence-corrected chi connectivity index (χ0v) is 10.5. The molecule has 1 amide bonds. The smallest absolute Gasteiger partial charge is 0.326 e. The Morgan fingerprint density at radius 2 is 1.83 bits per heavy atom. The Bertz CT molecular complexity index is 438. The molecule has 1 rings (SSSR count). The predicted octanol–water partition coefficient (Wildman–Crippen LogP) is 1.93. The minimum atomic E-state index is -1.02. The molecule has 0 radical (unpaired) electrons. The van der Waals surface area contributed by atoms with Gasteiger partial charge in [-0.2, -0.15) is 0 Å². The first-order chi connectivity index (χ1) is 8.50. The average Bonchev–Trinajstić information content (AvgIpc) is 2.34. The molecule has 0 fully saturated rings. The van der Waals surface area contributed by atoms with Gasteiger partial charge < -0.3 is 10.4 Å². The van der Waals surface area contributed by atoms with Crippen molar-refractivity contribution in [3.8, 4) is 0 Å². The molecule has 0 bridgehead atoms. The molecule has 18 heavy (non-hydrogen) atoms. The first kappa shape index (κ1) is 14.0. The molecular weight excluding hydrogens is 230 g/mol. The van der Waals surface area contributed by atoms with E-state index in [-0.39, 0.29) is 5.92 Å². The van der Waals surface area contributed by atoms with Crippen LogP contribution >= 0.6 is 0 Å². The molecule has 4 heteroatoms. The van der Waals surface area contributed by atoms with Gasteiger partial charge in [-0.3, -0.25) is 4.79 Å². The fourth-order valence-corrected chi connectivity index (χ4v) is 1.45. The second-order valence-electron chi connectivity index (χ2n) is 4.31. The van der Waals surface area contributed by atoms with Crippen LogP contribution in [-0.4, -0.2) is 23.0 Å². The summed E-state index contributed by atoms with van der Waals surface area (Å²) in [7, 11) is 0. The Kier molecular flexibility index (Phi) is 5.11. The maximum absolute atomic E-state index is 11.6. The lowest BCUT2D eigenvalue weighted by Crippen LogP contribution is -2.43. The lowest BCUT2D eigenvalue weighted by Gasteiger charge is -2.16. The summed E-state index contributed by atoms with van der Waals surface area (Å²) in [5.41, 5.74) is 0.893. The van der Waals surface area contributed by atoms with Crippen molar-refractivity contribution in [3.63, 3.8) is 0 Å². The number of hydrogen-bond donors (Lipinski definition) is 2. The molecule has 4 nitrogen and oxygen atoms in total. The highest BCUT2D eigenvalue weighted by Crippen LogP contribution is 2.03. The van der Waals surface area contributed by atoms with Crippen LogP contribution in [0.4, 0.5) is 0 Å². The second kappa shape index (κ2) is 6.59. The third-order valence-corrected chi connectivity index (χ3v) is 2.46. The molecule has 1 atom stereocenters. The second-order valence-corrected chi connectivity index (χ2v) is 4.31. The summed E-state index contributed by atoms with van der Waals surface area (Å²) in [6.07, 6.45) is 2.99. The monoisotopic (exact) mass is 247 g/mol. The molecule has 0 unspecified atom stereocenters. The SMILES string of the molecule is CC(C)[C@@H](NC(=O)/C=C/c1ccccc1)C(=O)O. The molecule has 0 spiro atoms. The summed E-state index contributed by atoms with van der Waals surface area (Å²) in [4.78, 5) is 22.5. The number of benzene rings is 1. The maximum atomic E-state index is 11.6. The van der Waals surface area contributed by atoms with Crippen molar-refractivity contribution in [3.05, 3.63) is 42.0 Å². The highest BCUT2D eigenvalue weighted by molar-refractivity contribution is 5.94. The van der Waals surface area contributed by atoms with Crippen LogP contribution in [0.5, 0.6) is 0 Å². The topological polar surface area (TPSA) is 66.4 Å². The number of amides is 1. The van der Waals surface area contributed by atoms with Gasteiger partial charge in [0.05, 0.1) is 0 Å². The predicted molar refractivity (Wildman–Crippen MR) is 69.9 cm³/mol. The van der Waals surface area contributed by atoms with Crippen LogP contribution in [0.2, 0.25) is 0 Å². The molecule has 2 N–H and O–H groups in total. The van der Waals surface area contributed by atoms with Crippen molar-refractivity contribution in [2.45, 2.75) is 19.9 Å². The molecule has 0 aliphatic rings. The zero-order chi connectivity index (χ0) is 13.5. The number of rotatable bonds is 5. The Hall–Kier alpha value is -2.10. The maximum Gasteiger partial charge on any atom is 0.326 e. The van der Waals surface area contributed by atoms with Gasteiger partial charge in [-0.25, -0.2) is 4.79 Å². The number of nitrogens with one attached hydrogen (secondary N) is 1. The van der Waals surface area contributed by atoms with E-state index >= 15 is 0 Å². The number of carboxylic acid groups (broad SMARTS) is 1. The van der Waals surface area contributed by atoms with E-state index in [1.807, 2.05) is 30.3 Å². The summed E-state index contributed by atoms with van der Waals surface area (Å²) >= 11 is 0. The fraction of sp³-hybridized carbons (Fsp3) is 0.286. The highest BCUT2D eigenvalue weighted by Gasteiger charge is 2.22. The summed E-state index contributed by atoms with van der Waals surface area (Å²) in [6.45, 7) is 3.50. The van der Waals surface area contributed by atoms with Crippen LogP contribution in [0, 0.1) is 5.92 Å². The van der Waals surface area contributed by atoms with Gasteiger partial charge >= 0.3 is 5.97 Å². The Morgan fingerprint density at radius 1 is 1.22 bits per heavy atom. The molecule has 0 aromatic heterocycles. The Labute approximate surface area is 106 Å². The Morgan fingerprint density at radius 3 is 2.33 bits per heavy atom. The van der Waals surface area contributed by atoms with Crippen LogP contribution in [0.15, 0.2) is 36.4 Å². The normalized spacial score (nSPS) is 12.6. The Balaban J connectivity index is 2.61. The van der Waals surface area contributed by atoms with Gasteiger partial charge in [-0.1, -0.05) is 44.2 Å². The van der Waals surface area contributed by atoms with Crippen LogP contribution in [0.25, 0.3) is 6.08 Å². The molecular formula is C14H17NO3. The molecule has 96 valence electrons. The van der Waals surface area contributed by atoms with E-state index in [1.54, 1.807) is 19.9 Å². The van der Waals surface area contributed by atoms with Gasteiger partial charge in [0.2, 0.25) is 5.91 Å². The van der Waals surface area contributed by atoms with Crippen molar-refractivity contribution < 1.29 is 14.7 Å². The van der Waals surface area contributed by atoms with Gasteiger partial charge in [0, 0.05) is 6.08 Å². The number of carbonyl (C=O) groups excluding carboxylic acids is 1. The van der Waals surface area contributed by atoms with Crippen molar-refractivity contribution >= 4 is 18.0 Å². The van der Waals surface area contributed by atoms with Crippen LogP contribution in [-0.2, 0) is 9.59 Å². The van der Waals surface area contributed by atoms with E-state index in [9.17, 15) is 9.59 Å². The van der Waals surface area contributed by atoms with Crippen molar-refractivity contribution in [2.24, 2.45) is 5.92 Å². The van der Waals surface area contributed by atoms with E-state index in [1.165, 1.54) is 6.08 Å². The molecule has 0 heterocycles. The van der Waals surface area contributed by atoms with Crippen molar-refractivity contribution in [1.82, 2.24) is 5.32 Å². The largest absolute Gasteiger partial charge is 0.480 e. The van der Waals surface area contributed by atoms with E-state index < -0.39 is 17.9 Å². The average molecular weight is 247 g/mol. The fourth-order valence-electron chi connectivity index (χ4n) is 1.45. The lowest BCUT2D eigenvalue weighted by atomic mass is 10.0. The molecule has 1 aromatic carbocycles. The lowest BCUT2D eigenvalue weighted by molar-refractivity contribution is -0.142. The van der Waals surface area contributed by atoms with Gasteiger partial charge in [0.1, 0.15) is 6.04 Å². The third kappa shape index (κ3) is 4.41. The first-order valence-corrected chi connectivity index (χ1v) is 5.77. The van der Waals surface area contributed by atoms with E-state index in [0.717, 1.165) is 5.56 Å². The summed E-state index contributed by atoms with van der Waals surface area (Å²) < 4.78 is 0. The van der Waals surface area contributed by atoms with Crippen LogP contribution < -0.4 is 5.32 Å². The molecule has 0 aliphatic heterocycles. The summed E-state index contributed by atoms with van der Waals surface area (Å²) in [5.74, 6) is -1.58. The van der Waals surface area contributed by atoms with Gasteiger partial charge in [-0.05, 0) is 17.6 Å². The van der Waals surface area contributed by atoms with E-state index in [2.05, 4.69) is 5.32 Å². The van der Waals surface area contributed by atoms with Crippen molar-refractivity contribution in [1.29, 1.82) is 0 Å². The highest BCUT2D eigenvalue weighted by atomic mass is 16.4. The van der Waals surface area contributed by atoms with Crippen LogP contribution in [0.3, 0.4) is 0 Å². The first-order valence-electron chi connectivity index (χ1n) is 5.77. The number of carboxylic acids is 1. The minimum Gasteiger partial charge on any atom is -0.480 e. The molecule has 0 saturated carbocycles. The minimum absolute atomic E-state index is 0.156. The standard InChI is InChI=1S/C14H17NO3/c1-10(2)13(14(17)18)15-12(16)9-8-11-6-4-3-5-7-11/h3-10,13H,1-2H3,(H,15,16)(H,17,18)/b9-8+/t13-/m1/s1. The van der Waals surface area contributed by atoms with Gasteiger partial charge in [0.15, 0.2) is 0 Å². The third-order valence-electron chi connectivity index (χ3n) is 2.46. The number of aliphatic carboxylic acids is 1. The van der Waals surface area contributed by atoms with E-state index in [0.29, 0.717) is 0 Å². The van der Waals surface area contributed by atoms with Crippen LogP contribution in [0.1, 0.15) is 19.4 Å². The van der Waals surface area contributed by atoms with Gasteiger partial charge in [0.25, 0.3) is 0 Å².